The molecule has 4 aromatic rings. The van der Waals surface area contributed by atoms with Crippen LogP contribution in [0, 0.1) is 12.8 Å². The molecule has 3 aliphatic heterocycles. The number of amides is 13. The number of aliphatic hydroxyl groups is 1. The normalized spacial score (nSPS) is 15.3. The molecule has 0 spiro atoms. The van der Waals surface area contributed by atoms with Gasteiger partial charge in [-0.25, -0.2) is 29.0 Å². The predicted octanol–water partition coefficient (Wildman–Crippen LogP) is 5.04. The van der Waals surface area contributed by atoms with Gasteiger partial charge >= 0.3 is 30.3 Å². The van der Waals surface area contributed by atoms with Gasteiger partial charge in [0.2, 0.25) is 11.8 Å². The van der Waals surface area contributed by atoms with E-state index in [9.17, 15) is 57.8 Å². The van der Waals surface area contributed by atoms with Crippen molar-refractivity contribution in [1.29, 1.82) is 0 Å². The van der Waals surface area contributed by atoms with Gasteiger partial charge in [0.1, 0.15) is 42.6 Å². The van der Waals surface area contributed by atoms with Crippen molar-refractivity contribution in [2.45, 2.75) is 90.3 Å². The molecule has 0 saturated carbocycles. The first-order chi connectivity index (χ1) is 46.0. The van der Waals surface area contributed by atoms with Gasteiger partial charge in [0.15, 0.2) is 0 Å². The number of allylic oxidation sites excluding steroid dienone is 4. The van der Waals surface area contributed by atoms with Crippen molar-refractivity contribution in [3.8, 4) is 5.75 Å². The first-order valence-electron chi connectivity index (χ1n) is 31.3. The monoisotopic (exact) mass is 1350 g/mol. The van der Waals surface area contributed by atoms with Crippen molar-refractivity contribution >= 4 is 106 Å². The number of halogens is 1. The number of imidazole rings is 1. The molecule has 4 aliphatic rings. The molecule has 1 aliphatic carbocycles. The quantitative estimate of drug-likeness (QED) is 0.0187. The first kappa shape index (κ1) is 71.4. The highest BCUT2D eigenvalue weighted by Crippen LogP contribution is 2.47. The number of aliphatic hydroxyl groups excluding tert-OH is 1. The van der Waals surface area contributed by atoms with Crippen LogP contribution in [0.3, 0.4) is 0 Å². The fourth-order valence-electron chi connectivity index (χ4n) is 11.0. The molecular weight excluding hydrogens is 1270 g/mol. The molecule has 0 fully saturated rings. The molecule has 4 heterocycles. The second-order valence-corrected chi connectivity index (χ2v) is 23.7. The number of benzene rings is 3. The van der Waals surface area contributed by atoms with E-state index in [0.717, 1.165) is 33.6 Å². The number of imide groups is 1. The maximum absolute atomic E-state index is 14.7. The molecule has 8 rings (SSSR count). The number of carbonyl (C=O) groups excluding carboxylic acids is 11. The van der Waals surface area contributed by atoms with E-state index >= 15 is 0 Å². The number of alkyl carbamates (subject to hydrolysis) is 1. The zero-order valence-corrected chi connectivity index (χ0v) is 54.4. The number of ether oxygens (including phenoxy) is 4. The van der Waals surface area contributed by atoms with Crippen molar-refractivity contribution in [3.63, 3.8) is 0 Å². The van der Waals surface area contributed by atoms with Gasteiger partial charge in [0.25, 0.3) is 23.6 Å². The average molecular weight is 1350 g/mol. The Morgan fingerprint density at radius 2 is 1.54 bits per heavy atom. The van der Waals surface area contributed by atoms with Crippen molar-refractivity contribution in [2.75, 3.05) is 88.8 Å². The summed E-state index contributed by atoms with van der Waals surface area (Å²) in [5, 5.41) is 26.9. The van der Waals surface area contributed by atoms with Crippen LogP contribution < -0.4 is 53.0 Å². The van der Waals surface area contributed by atoms with Crippen LogP contribution in [0.2, 0.25) is 0 Å². The van der Waals surface area contributed by atoms with Crippen LogP contribution in [0.25, 0.3) is 17.0 Å². The Kier molecular flexibility index (Phi) is 25.0. The number of carbonyl (C=O) groups is 11. The number of hydrogen-bond donors (Lipinski definition) is 9. The van der Waals surface area contributed by atoms with Crippen LogP contribution in [-0.2, 0) is 51.2 Å². The Hall–Kier alpha value is -10.5. The molecule has 512 valence electrons. The lowest BCUT2D eigenvalue weighted by molar-refractivity contribution is -0.137. The summed E-state index contributed by atoms with van der Waals surface area (Å²) in [5.41, 5.74) is 14.8. The minimum Gasteiger partial charge on any atom is -0.512 e. The number of nitrogens with zero attached hydrogens (tertiary/aromatic N) is 6. The van der Waals surface area contributed by atoms with Gasteiger partial charge in [-0.2, -0.15) is 0 Å². The molecule has 3 aromatic carbocycles. The zero-order chi connectivity index (χ0) is 69.2. The molecule has 30 nitrogen and oxygen atoms in total. The Labute approximate surface area is 557 Å². The number of nitrogens with one attached hydrogen (secondary N) is 6. The topological polar surface area (TPSA) is 400 Å². The predicted molar refractivity (Wildman–Crippen MR) is 351 cm³/mol. The van der Waals surface area contributed by atoms with Crippen LogP contribution >= 0.6 is 11.6 Å². The number of fused-ring (bicyclic) bond motifs is 4. The molecular formula is C65H79ClN14O16. The van der Waals surface area contributed by atoms with Gasteiger partial charge in [0, 0.05) is 124 Å². The zero-order valence-electron chi connectivity index (χ0n) is 53.6. The van der Waals surface area contributed by atoms with E-state index in [4.69, 9.17) is 47.0 Å². The smallest absolute Gasteiger partial charge is 0.415 e. The molecule has 0 unspecified atom stereocenters. The molecule has 11 N–H and O–H groups in total. The van der Waals surface area contributed by atoms with Crippen LogP contribution in [0.4, 0.5) is 35.3 Å². The maximum atomic E-state index is 14.7. The van der Waals surface area contributed by atoms with E-state index in [1.165, 1.54) is 22.9 Å². The average Bonchev–Trinajstić information content (AvgIpc) is 1.53. The number of hydrogen-bond acceptors (Lipinski definition) is 17. The maximum Gasteiger partial charge on any atom is 0.415 e. The molecule has 96 heavy (non-hydrogen) atoms. The molecule has 31 heteroatoms. The van der Waals surface area contributed by atoms with Gasteiger partial charge < -0.3 is 86.7 Å². The van der Waals surface area contributed by atoms with E-state index in [0.29, 0.717) is 65.1 Å². The molecule has 13 amide bonds. The number of primary amides is 2. The van der Waals surface area contributed by atoms with E-state index in [1.54, 1.807) is 72.1 Å². The summed E-state index contributed by atoms with van der Waals surface area (Å²) in [6.07, 6.45) is 8.46. The van der Waals surface area contributed by atoms with Crippen LogP contribution in [0.5, 0.6) is 5.75 Å². The summed E-state index contributed by atoms with van der Waals surface area (Å²) in [5.74, 6) is -2.59. The number of aryl methyl sites for hydroxylation is 2. The van der Waals surface area contributed by atoms with Gasteiger partial charge in [-0.1, -0.05) is 50.3 Å². The first-order valence-corrected chi connectivity index (χ1v) is 31.8. The van der Waals surface area contributed by atoms with Crippen LogP contribution in [-0.4, -0.2) is 186 Å². The fraction of sp³-hybridized carbons (Fsp3) is 0.415. The third-order valence-corrected chi connectivity index (χ3v) is 16.5. The number of rotatable bonds is 30. The largest absolute Gasteiger partial charge is 0.512 e. The summed E-state index contributed by atoms with van der Waals surface area (Å²) in [4.78, 5) is 152. The Balaban J connectivity index is 0.871. The Morgan fingerprint density at radius 3 is 2.23 bits per heavy atom. The van der Waals surface area contributed by atoms with Crippen LogP contribution in [0.1, 0.15) is 91.3 Å². The highest BCUT2D eigenvalue weighted by Gasteiger charge is 2.38. The van der Waals surface area contributed by atoms with Gasteiger partial charge in [0.05, 0.1) is 31.2 Å². The standard InChI is InChI=1S/C65H79ClN14O16/c1-38(2)56(75-63(90)94-31-30-93-29-28-79-52(82)21-22-53(79)83)59(86)74-47(10-6-23-69-61(67)88)58(85)71-43-15-11-40(12-16-43)37-95-64(91)76(4)26-27-77(25-7-24-70-62(68)89)65(92)96-50-32-49-55(54-39(3)8-5-9-46(50)54)42(33-66)34-80(49)60(87)48-36-78-35-44(17-20-51(78)73-48)72-57(84)41-13-18-45(81)19-14-41/h5,8-9,11-13,15-16,18,21-22,32,35-36,38,42,47,56,81H,6-7,10,14,17,19-20,23-31,33-34,37H2,1-4H3,(H,71,85)(H,72,84)(H,74,86)(H,75,90)(H3,67,69,88)(H3,68,70,89)/t42-,47+,56+/m1/s1. The molecule has 0 bridgehead atoms. The number of alkyl halides is 1. The van der Waals surface area contributed by atoms with Gasteiger partial charge in [-0.05, 0) is 85.2 Å². The summed E-state index contributed by atoms with van der Waals surface area (Å²) >= 11 is 6.66. The van der Waals surface area contributed by atoms with Gasteiger partial charge in [-0.15, -0.1) is 11.6 Å². The fourth-order valence-corrected chi connectivity index (χ4v) is 11.2. The minimum atomic E-state index is -1.17. The number of anilines is 2. The highest BCUT2D eigenvalue weighted by atomic mass is 35.5. The molecule has 0 saturated heterocycles. The van der Waals surface area contributed by atoms with Crippen LogP contribution in [0.15, 0.2) is 96.1 Å². The van der Waals surface area contributed by atoms with Crippen molar-refractivity contribution < 1.29 is 76.8 Å². The summed E-state index contributed by atoms with van der Waals surface area (Å²) in [6.45, 7) is 5.16. The Bertz CT molecular complexity index is 3740. The van der Waals surface area contributed by atoms with Crippen molar-refractivity contribution in [1.82, 2.24) is 50.8 Å². The Morgan fingerprint density at radius 1 is 0.812 bits per heavy atom. The summed E-state index contributed by atoms with van der Waals surface area (Å²) in [7, 11) is 1.48. The third kappa shape index (κ3) is 19.1. The number of nitrogens with two attached hydrogens (primary N) is 2. The van der Waals surface area contributed by atoms with E-state index in [-0.39, 0.29) is 126 Å². The summed E-state index contributed by atoms with van der Waals surface area (Å²) < 4.78 is 24.1. The minimum absolute atomic E-state index is 0.00677. The highest BCUT2D eigenvalue weighted by molar-refractivity contribution is 6.19. The molecule has 0 radical (unpaired) electrons. The second-order valence-electron chi connectivity index (χ2n) is 23.4. The van der Waals surface area contributed by atoms with E-state index < -0.39 is 77.9 Å². The summed E-state index contributed by atoms with van der Waals surface area (Å²) in [6, 6.07) is 9.65. The van der Waals surface area contributed by atoms with Crippen molar-refractivity contribution in [2.24, 2.45) is 17.4 Å². The van der Waals surface area contributed by atoms with Crippen molar-refractivity contribution in [3.05, 3.63) is 124 Å². The lowest BCUT2D eigenvalue weighted by Gasteiger charge is -2.26. The van der Waals surface area contributed by atoms with E-state index in [1.807, 2.05) is 25.1 Å². The lowest BCUT2D eigenvalue weighted by atomic mass is 9.92. The van der Waals surface area contributed by atoms with Gasteiger partial charge in [-0.3, -0.25) is 33.7 Å². The lowest BCUT2D eigenvalue weighted by Crippen LogP contribution is -2.54. The second kappa shape index (κ2) is 33.6. The SMILES string of the molecule is Cc1cccc2c(OC(=O)N(CCCNC(N)=O)CCN(C)C(=O)OCc3ccc(NC(=O)[C@H](CCCNC(N)=O)NC(=O)[C@@H](NC(=O)OCCOCCN4C(=O)C=CC4=O)C(C)C)cc3)cc3c(c12)[C@H](CCl)CN3C(=O)c1cn2c(n1)CCC(NC(=O)C1=CC=C(O)CC1)=C2. The number of aromatic nitrogens is 2. The number of urea groups is 2. The van der Waals surface area contributed by atoms with E-state index in [2.05, 4.69) is 31.9 Å². The molecule has 3 atom stereocenters. The number of likely N-dealkylation sites (N-methyl/N-ethyl adjacent to an activating group) is 1. The third-order valence-electron chi connectivity index (χ3n) is 16.1. The molecule has 1 aromatic heterocycles.